The number of hydrogen-bond donors (Lipinski definition) is 0. The van der Waals surface area contributed by atoms with E-state index in [-0.39, 0.29) is 0 Å². The van der Waals surface area contributed by atoms with Gasteiger partial charge in [0, 0.05) is 12.4 Å². The van der Waals surface area contributed by atoms with Crippen molar-refractivity contribution in [1.29, 1.82) is 0 Å². The zero-order chi connectivity index (χ0) is 11.5. The predicted molar refractivity (Wildman–Crippen MR) is 70.9 cm³/mol. The lowest BCUT2D eigenvalue weighted by Gasteiger charge is -2.18. The molecule has 16 heavy (non-hydrogen) atoms. The fourth-order valence-electron chi connectivity index (χ4n) is 1.41. The fraction of sp³-hybridized carbons (Fsp3) is 0.182. The van der Waals surface area contributed by atoms with Crippen LogP contribution in [0, 0.1) is 0 Å². The molecule has 5 heteroatoms. The molecule has 3 nitrogen and oxygen atoms in total. The highest BCUT2D eigenvalue weighted by Crippen LogP contribution is 2.34. The summed E-state index contributed by atoms with van der Waals surface area (Å²) in [4.78, 5) is 6.38. The van der Waals surface area contributed by atoms with Crippen molar-refractivity contribution < 1.29 is 4.74 Å². The highest BCUT2D eigenvalue weighted by Gasteiger charge is 2.11. The Morgan fingerprint density at radius 2 is 2.12 bits per heavy atom. The zero-order valence-electron chi connectivity index (χ0n) is 8.98. The lowest BCUT2D eigenvalue weighted by atomic mass is 10.3. The van der Waals surface area contributed by atoms with Crippen molar-refractivity contribution in [1.82, 2.24) is 4.98 Å². The van der Waals surface area contributed by atoms with Crippen LogP contribution >= 0.6 is 27.3 Å². The zero-order valence-corrected chi connectivity index (χ0v) is 11.4. The molecule has 0 N–H and O–H groups in total. The summed E-state index contributed by atoms with van der Waals surface area (Å²) in [6, 6.07) is 7.88. The van der Waals surface area contributed by atoms with Crippen molar-refractivity contribution in [3.05, 3.63) is 34.2 Å². The molecule has 2 rings (SSSR count). The molecule has 0 aliphatic rings. The number of anilines is 2. The largest absolute Gasteiger partial charge is 0.495 e. The number of ether oxygens (including phenoxy) is 1. The molecule has 0 radical (unpaired) electrons. The van der Waals surface area contributed by atoms with Gasteiger partial charge in [-0.05, 0) is 28.1 Å². The number of methoxy groups -OCH3 is 1. The summed E-state index contributed by atoms with van der Waals surface area (Å²) in [6.07, 6.45) is 0. The number of aromatic nitrogens is 1. The first-order valence-electron chi connectivity index (χ1n) is 4.70. The highest BCUT2D eigenvalue weighted by molar-refractivity contribution is 9.10. The van der Waals surface area contributed by atoms with Gasteiger partial charge >= 0.3 is 0 Å². The van der Waals surface area contributed by atoms with Gasteiger partial charge in [-0.1, -0.05) is 12.1 Å². The number of para-hydroxylation sites is 2. The van der Waals surface area contributed by atoms with Crippen LogP contribution < -0.4 is 9.64 Å². The quantitative estimate of drug-likeness (QED) is 0.864. The standard InChI is InChI=1S/C11H11BrN2OS/c1-14(11-13-10(12)7-16-11)8-5-3-4-6-9(8)15-2/h3-7H,1-2H3. The summed E-state index contributed by atoms with van der Waals surface area (Å²) >= 11 is 4.93. The third kappa shape index (κ3) is 2.20. The van der Waals surface area contributed by atoms with E-state index >= 15 is 0 Å². The van der Waals surface area contributed by atoms with Gasteiger partial charge in [0.1, 0.15) is 10.4 Å². The second-order valence-electron chi connectivity index (χ2n) is 3.18. The van der Waals surface area contributed by atoms with Crippen molar-refractivity contribution in [2.24, 2.45) is 0 Å². The van der Waals surface area contributed by atoms with Crippen molar-refractivity contribution in [3.63, 3.8) is 0 Å². The average molecular weight is 299 g/mol. The van der Waals surface area contributed by atoms with Crippen LogP contribution in [0.1, 0.15) is 0 Å². The van der Waals surface area contributed by atoms with E-state index in [0.29, 0.717) is 0 Å². The first-order chi connectivity index (χ1) is 7.72. The maximum atomic E-state index is 5.32. The van der Waals surface area contributed by atoms with E-state index in [0.717, 1.165) is 21.2 Å². The minimum absolute atomic E-state index is 0.844. The van der Waals surface area contributed by atoms with Crippen LogP contribution in [-0.4, -0.2) is 19.1 Å². The molecule has 1 aromatic carbocycles. The first-order valence-corrected chi connectivity index (χ1v) is 6.37. The van der Waals surface area contributed by atoms with Gasteiger partial charge in [0.25, 0.3) is 0 Å². The molecule has 1 aromatic heterocycles. The van der Waals surface area contributed by atoms with E-state index in [1.807, 2.05) is 41.6 Å². The van der Waals surface area contributed by atoms with E-state index in [1.54, 1.807) is 18.4 Å². The Bertz CT molecular complexity index is 486. The van der Waals surface area contributed by atoms with Crippen molar-refractivity contribution in [3.8, 4) is 5.75 Å². The monoisotopic (exact) mass is 298 g/mol. The van der Waals surface area contributed by atoms with Gasteiger partial charge in [-0.15, -0.1) is 11.3 Å². The summed E-state index contributed by atoms with van der Waals surface area (Å²) in [5.74, 6) is 0.844. The molecule has 0 saturated heterocycles. The maximum Gasteiger partial charge on any atom is 0.190 e. The van der Waals surface area contributed by atoms with Gasteiger partial charge in [0.05, 0.1) is 12.8 Å². The van der Waals surface area contributed by atoms with Crippen molar-refractivity contribution in [2.45, 2.75) is 0 Å². The Morgan fingerprint density at radius 1 is 1.38 bits per heavy atom. The van der Waals surface area contributed by atoms with Crippen molar-refractivity contribution >= 4 is 38.1 Å². The summed E-state index contributed by atoms with van der Waals surface area (Å²) in [5, 5.41) is 2.89. The van der Waals surface area contributed by atoms with E-state index in [1.165, 1.54) is 0 Å². The highest BCUT2D eigenvalue weighted by atomic mass is 79.9. The van der Waals surface area contributed by atoms with Crippen LogP contribution in [0.3, 0.4) is 0 Å². The molecule has 0 aliphatic carbocycles. The number of hydrogen-bond acceptors (Lipinski definition) is 4. The molecule has 0 unspecified atom stereocenters. The van der Waals surface area contributed by atoms with Crippen LogP contribution in [0.25, 0.3) is 0 Å². The third-order valence-corrected chi connectivity index (χ3v) is 3.82. The summed E-state index contributed by atoms with van der Waals surface area (Å²) < 4.78 is 6.17. The number of nitrogens with zero attached hydrogens (tertiary/aromatic N) is 2. The average Bonchev–Trinajstić information content (AvgIpc) is 2.75. The Kier molecular flexibility index (Phi) is 3.46. The van der Waals surface area contributed by atoms with Crippen LogP contribution in [0.15, 0.2) is 34.2 Å². The molecule has 0 spiro atoms. The Hall–Kier alpha value is -1.07. The molecule has 84 valence electrons. The van der Waals surface area contributed by atoms with Gasteiger partial charge < -0.3 is 9.64 Å². The summed E-state index contributed by atoms with van der Waals surface area (Å²) in [6.45, 7) is 0. The third-order valence-electron chi connectivity index (χ3n) is 2.20. The smallest absolute Gasteiger partial charge is 0.190 e. The van der Waals surface area contributed by atoms with E-state index in [2.05, 4.69) is 20.9 Å². The maximum absolute atomic E-state index is 5.32. The molecule has 0 fully saturated rings. The molecule has 0 atom stereocenters. The number of benzene rings is 1. The molecule has 1 heterocycles. The lowest BCUT2D eigenvalue weighted by molar-refractivity contribution is 0.415. The molecule has 0 aliphatic heterocycles. The van der Waals surface area contributed by atoms with Crippen LogP contribution in [0.4, 0.5) is 10.8 Å². The Morgan fingerprint density at radius 3 is 2.75 bits per heavy atom. The van der Waals surface area contributed by atoms with Crippen LogP contribution in [-0.2, 0) is 0 Å². The SMILES string of the molecule is COc1ccccc1N(C)c1nc(Br)cs1. The molecular formula is C11H11BrN2OS. The second kappa shape index (κ2) is 4.84. The van der Waals surface area contributed by atoms with Gasteiger partial charge in [-0.3, -0.25) is 0 Å². The van der Waals surface area contributed by atoms with Gasteiger partial charge in [0.15, 0.2) is 5.13 Å². The molecule has 0 saturated carbocycles. The van der Waals surface area contributed by atoms with E-state index in [9.17, 15) is 0 Å². The molecule has 2 aromatic rings. The normalized spacial score (nSPS) is 10.2. The van der Waals surface area contributed by atoms with Crippen molar-refractivity contribution in [2.75, 3.05) is 19.1 Å². The summed E-state index contributed by atoms with van der Waals surface area (Å²) in [5.41, 5.74) is 1.01. The summed E-state index contributed by atoms with van der Waals surface area (Å²) in [7, 11) is 3.65. The topological polar surface area (TPSA) is 25.4 Å². The minimum Gasteiger partial charge on any atom is -0.495 e. The van der Waals surface area contributed by atoms with Crippen LogP contribution in [0.5, 0.6) is 5.75 Å². The Labute approximate surface area is 107 Å². The Balaban J connectivity index is 2.36. The minimum atomic E-state index is 0.844. The second-order valence-corrected chi connectivity index (χ2v) is 4.83. The van der Waals surface area contributed by atoms with Gasteiger partial charge in [0.2, 0.25) is 0 Å². The first kappa shape index (κ1) is 11.4. The molecule has 0 amide bonds. The van der Waals surface area contributed by atoms with E-state index < -0.39 is 0 Å². The molecule has 0 bridgehead atoms. The van der Waals surface area contributed by atoms with E-state index in [4.69, 9.17) is 4.74 Å². The number of thiazole rings is 1. The van der Waals surface area contributed by atoms with Gasteiger partial charge in [-0.2, -0.15) is 0 Å². The predicted octanol–water partition coefficient (Wildman–Crippen LogP) is 3.68. The molecular weight excluding hydrogens is 288 g/mol. The van der Waals surface area contributed by atoms with Crippen LogP contribution in [0.2, 0.25) is 0 Å². The number of rotatable bonds is 3. The fourth-order valence-corrected chi connectivity index (χ4v) is 2.64. The number of halogens is 1. The van der Waals surface area contributed by atoms with Gasteiger partial charge in [-0.25, -0.2) is 4.98 Å². The lowest BCUT2D eigenvalue weighted by Crippen LogP contribution is -2.10.